The Labute approximate surface area is 132 Å². The van der Waals surface area contributed by atoms with Crippen LogP contribution in [0.15, 0.2) is 29.8 Å². The average molecular weight is 296 g/mol. The topological polar surface area (TPSA) is 26.3 Å². The first-order valence-corrected chi connectivity index (χ1v) is 8.50. The third-order valence-electron chi connectivity index (χ3n) is 6.20. The number of carbonyl (C=O) groups is 1. The van der Waals surface area contributed by atoms with Gasteiger partial charge in [-0.25, -0.2) is 0 Å². The van der Waals surface area contributed by atoms with Crippen LogP contribution in [0.4, 0.5) is 0 Å². The van der Waals surface area contributed by atoms with Crippen LogP contribution in [-0.2, 0) is 11.2 Å². The molecule has 0 aromatic heterocycles. The van der Waals surface area contributed by atoms with Crippen LogP contribution in [0.2, 0.25) is 0 Å². The first kappa shape index (κ1) is 14.0. The van der Waals surface area contributed by atoms with E-state index >= 15 is 0 Å². The van der Waals surface area contributed by atoms with Crippen molar-refractivity contribution in [3.63, 3.8) is 0 Å². The van der Waals surface area contributed by atoms with Gasteiger partial charge in [-0.15, -0.1) is 0 Å². The summed E-state index contributed by atoms with van der Waals surface area (Å²) in [4.78, 5) is 11.9. The minimum Gasteiger partial charge on any atom is -0.497 e. The van der Waals surface area contributed by atoms with Gasteiger partial charge in [0.15, 0.2) is 0 Å². The minimum atomic E-state index is 0.139. The zero-order valence-electron chi connectivity index (χ0n) is 13.5. The Morgan fingerprint density at radius 2 is 2.09 bits per heavy atom. The van der Waals surface area contributed by atoms with E-state index in [2.05, 4.69) is 31.2 Å². The van der Waals surface area contributed by atoms with Gasteiger partial charge in [0, 0.05) is 12.8 Å². The molecule has 0 saturated heterocycles. The Kier molecular flexibility index (Phi) is 3.18. The molecule has 0 radical (unpaired) electrons. The Morgan fingerprint density at radius 1 is 1.23 bits per heavy atom. The maximum absolute atomic E-state index is 11.9. The summed E-state index contributed by atoms with van der Waals surface area (Å²) in [5, 5.41) is 0. The largest absolute Gasteiger partial charge is 0.497 e. The fraction of sp³-hybridized carbons (Fsp3) is 0.550. The highest BCUT2D eigenvalue weighted by Crippen LogP contribution is 2.57. The summed E-state index contributed by atoms with van der Waals surface area (Å²) in [6.07, 6.45) is 8.41. The SMILES string of the molecule is COc1ccc2c(c1)CC[C@H]1C3=CCC(=O)C[C@@]3(C)CC[C@@H]21. The van der Waals surface area contributed by atoms with Crippen molar-refractivity contribution < 1.29 is 9.53 Å². The summed E-state index contributed by atoms with van der Waals surface area (Å²) in [6, 6.07) is 6.61. The van der Waals surface area contributed by atoms with Crippen molar-refractivity contribution in [2.24, 2.45) is 11.3 Å². The van der Waals surface area contributed by atoms with Gasteiger partial charge in [-0.1, -0.05) is 24.6 Å². The van der Waals surface area contributed by atoms with E-state index in [0.717, 1.165) is 25.0 Å². The van der Waals surface area contributed by atoms with Gasteiger partial charge in [-0.05, 0) is 66.2 Å². The van der Waals surface area contributed by atoms with Gasteiger partial charge in [-0.3, -0.25) is 4.79 Å². The highest BCUT2D eigenvalue weighted by atomic mass is 16.5. The number of methoxy groups -OCH3 is 1. The number of hydrogen-bond acceptors (Lipinski definition) is 2. The van der Waals surface area contributed by atoms with Crippen LogP contribution in [0.3, 0.4) is 0 Å². The van der Waals surface area contributed by atoms with Gasteiger partial charge in [0.1, 0.15) is 11.5 Å². The molecule has 3 aliphatic rings. The number of ketones is 1. The number of carbonyl (C=O) groups excluding carboxylic acids is 1. The number of rotatable bonds is 1. The molecule has 22 heavy (non-hydrogen) atoms. The van der Waals surface area contributed by atoms with E-state index < -0.39 is 0 Å². The van der Waals surface area contributed by atoms with Crippen LogP contribution in [0, 0.1) is 11.3 Å². The second kappa shape index (κ2) is 4.97. The second-order valence-corrected chi connectivity index (χ2v) is 7.49. The van der Waals surface area contributed by atoms with E-state index in [1.54, 1.807) is 12.7 Å². The fourth-order valence-corrected chi connectivity index (χ4v) is 5.13. The summed E-state index contributed by atoms with van der Waals surface area (Å²) in [6.45, 7) is 2.32. The number of benzene rings is 1. The number of ether oxygens (including phenoxy) is 1. The highest BCUT2D eigenvalue weighted by Gasteiger charge is 2.46. The Morgan fingerprint density at radius 3 is 2.91 bits per heavy atom. The molecule has 3 atom stereocenters. The van der Waals surface area contributed by atoms with Gasteiger partial charge >= 0.3 is 0 Å². The molecular weight excluding hydrogens is 272 g/mol. The van der Waals surface area contributed by atoms with Crippen LogP contribution in [-0.4, -0.2) is 12.9 Å². The Hall–Kier alpha value is -1.57. The first-order chi connectivity index (χ1) is 10.6. The van der Waals surface area contributed by atoms with Gasteiger partial charge in [0.25, 0.3) is 0 Å². The maximum Gasteiger partial charge on any atom is 0.137 e. The third-order valence-corrected chi connectivity index (χ3v) is 6.20. The molecule has 1 aromatic carbocycles. The van der Waals surface area contributed by atoms with Crippen molar-refractivity contribution >= 4 is 5.78 Å². The highest BCUT2D eigenvalue weighted by molar-refractivity contribution is 5.82. The zero-order valence-corrected chi connectivity index (χ0v) is 13.5. The molecule has 0 heterocycles. The summed E-state index contributed by atoms with van der Waals surface area (Å²) in [7, 11) is 1.74. The number of hydrogen-bond donors (Lipinski definition) is 0. The van der Waals surface area contributed by atoms with Crippen LogP contribution in [0.25, 0.3) is 0 Å². The van der Waals surface area contributed by atoms with E-state index in [-0.39, 0.29) is 5.41 Å². The molecule has 116 valence electrons. The molecule has 1 aromatic rings. The van der Waals surface area contributed by atoms with Crippen molar-refractivity contribution in [2.45, 2.75) is 51.4 Å². The van der Waals surface area contributed by atoms with Crippen molar-refractivity contribution in [2.75, 3.05) is 7.11 Å². The minimum absolute atomic E-state index is 0.139. The van der Waals surface area contributed by atoms with Crippen molar-refractivity contribution in [3.8, 4) is 5.75 Å². The summed E-state index contributed by atoms with van der Waals surface area (Å²) < 4.78 is 5.38. The van der Waals surface area contributed by atoms with Crippen LogP contribution in [0.5, 0.6) is 5.75 Å². The van der Waals surface area contributed by atoms with E-state index in [1.807, 2.05) is 0 Å². The number of allylic oxidation sites excluding steroid dienone is 2. The number of Topliss-reactive ketones (excluding diaryl/α,β-unsaturated/α-hetero) is 1. The third kappa shape index (κ3) is 2.04. The smallest absolute Gasteiger partial charge is 0.137 e. The molecule has 0 bridgehead atoms. The van der Waals surface area contributed by atoms with Gasteiger partial charge in [-0.2, -0.15) is 0 Å². The molecule has 1 saturated carbocycles. The lowest BCUT2D eigenvalue weighted by Crippen LogP contribution is -2.39. The monoisotopic (exact) mass is 296 g/mol. The van der Waals surface area contributed by atoms with Crippen LogP contribution < -0.4 is 4.74 Å². The van der Waals surface area contributed by atoms with Crippen LogP contribution >= 0.6 is 0 Å². The van der Waals surface area contributed by atoms with Crippen molar-refractivity contribution in [1.29, 1.82) is 0 Å². The van der Waals surface area contributed by atoms with Gasteiger partial charge in [0.2, 0.25) is 0 Å². The Balaban J connectivity index is 1.72. The molecule has 0 spiro atoms. The van der Waals surface area contributed by atoms with E-state index in [9.17, 15) is 4.79 Å². The van der Waals surface area contributed by atoms with E-state index in [4.69, 9.17) is 4.74 Å². The second-order valence-electron chi connectivity index (χ2n) is 7.49. The van der Waals surface area contributed by atoms with Gasteiger partial charge < -0.3 is 4.74 Å². The quantitative estimate of drug-likeness (QED) is 0.717. The fourth-order valence-electron chi connectivity index (χ4n) is 5.13. The summed E-state index contributed by atoms with van der Waals surface area (Å²) in [5.74, 6) is 2.68. The van der Waals surface area contributed by atoms with Gasteiger partial charge in [0.05, 0.1) is 7.11 Å². The molecule has 2 heteroatoms. The molecule has 2 nitrogen and oxygen atoms in total. The normalized spacial score (nSPS) is 33.4. The lowest BCUT2D eigenvalue weighted by molar-refractivity contribution is -0.121. The molecule has 0 N–H and O–H groups in total. The molecule has 0 amide bonds. The zero-order chi connectivity index (χ0) is 15.3. The molecular formula is C20H24O2. The van der Waals surface area contributed by atoms with E-state index in [1.165, 1.54) is 24.0 Å². The van der Waals surface area contributed by atoms with Crippen LogP contribution in [0.1, 0.15) is 56.1 Å². The number of fused-ring (bicyclic) bond motifs is 5. The first-order valence-electron chi connectivity index (χ1n) is 8.50. The van der Waals surface area contributed by atoms with E-state index in [0.29, 0.717) is 24.0 Å². The lowest BCUT2D eigenvalue weighted by atomic mass is 9.55. The average Bonchev–Trinajstić information content (AvgIpc) is 2.52. The predicted molar refractivity (Wildman–Crippen MR) is 87.2 cm³/mol. The number of aryl methyl sites for hydroxylation is 1. The standard InChI is InChI=1S/C20H24O2/c1-20-10-9-17-16-7-5-15(22-2)11-13(16)3-6-18(17)19(20)8-4-14(21)12-20/h5,7-8,11,17-18H,3-4,6,9-10,12H2,1-2H3/t17-,18+,20+/m0/s1. The predicted octanol–water partition coefficient (Wildman–Crippen LogP) is 4.43. The molecule has 0 aliphatic heterocycles. The summed E-state index contributed by atoms with van der Waals surface area (Å²) in [5.41, 5.74) is 4.72. The van der Waals surface area contributed by atoms with Crippen molar-refractivity contribution in [1.82, 2.24) is 0 Å². The molecule has 3 aliphatic carbocycles. The Bertz CT molecular complexity index is 658. The molecule has 0 unspecified atom stereocenters. The molecule has 1 fully saturated rings. The molecule has 4 rings (SSSR count). The maximum atomic E-state index is 11.9. The summed E-state index contributed by atoms with van der Waals surface area (Å²) >= 11 is 0. The lowest BCUT2D eigenvalue weighted by Gasteiger charge is -2.49. The van der Waals surface area contributed by atoms with Crippen molar-refractivity contribution in [3.05, 3.63) is 41.0 Å².